The molecule has 0 fully saturated rings. The highest BCUT2D eigenvalue weighted by Gasteiger charge is 2.26. The molecule has 8 heteroatoms. The lowest BCUT2D eigenvalue weighted by Crippen LogP contribution is -2.39. The van der Waals surface area contributed by atoms with Crippen LogP contribution in [-0.4, -0.2) is 31.4 Å². The van der Waals surface area contributed by atoms with Gasteiger partial charge in [-0.3, -0.25) is 4.79 Å². The second-order valence-electron chi connectivity index (χ2n) is 8.18. The van der Waals surface area contributed by atoms with Crippen molar-refractivity contribution >= 4 is 22.1 Å². The topological polar surface area (TPSA) is 88.1 Å². The Balaban J connectivity index is 1.44. The van der Waals surface area contributed by atoms with Crippen molar-refractivity contribution in [3.63, 3.8) is 0 Å². The van der Waals surface area contributed by atoms with Gasteiger partial charge in [-0.15, -0.1) is 0 Å². The molecule has 1 N–H and O–H groups in total. The van der Waals surface area contributed by atoms with E-state index in [4.69, 9.17) is 4.74 Å². The quantitative estimate of drug-likeness (QED) is 0.234. The number of nitrogens with zero attached hydrogens (tertiary/aromatic N) is 2. The molecule has 0 unspecified atom stereocenters. The van der Waals surface area contributed by atoms with Crippen LogP contribution in [0, 0.1) is 0 Å². The highest BCUT2D eigenvalue weighted by Crippen LogP contribution is 2.19. The number of amides is 1. The molecule has 0 aliphatic carbocycles. The van der Waals surface area contributed by atoms with E-state index in [9.17, 15) is 13.2 Å². The number of rotatable bonds is 11. The predicted octanol–water partition coefficient (Wildman–Crippen LogP) is 4.61. The Morgan fingerprint density at radius 1 is 0.784 bits per heavy atom. The maximum atomic E-state index is 13.3. The van der Waals surface area contributed by atoms with E-state index >= 15 is 0 Å². The van der Waals surface area contributed by atoms with Crippen molar-refractivity contribution in [2.45, 2.75) is 18.0 Å². The molecule has 188 valence electrons. The fourth-order valence-electron chi connectivity index (χ4n) is 3.58. The van der Waals surface area contributed by atoms with Crippen LogP contribution >= 0.6 is 0 Å². The van der Waals surface area contributed by atoms with Gasteiger partial charge in [-0.1, -0.05) is 91.0 Å². The predicted molar refractivity (Wildman–Crippen MR) is 143 cm³/mol. The van der Waals surface area contributed by atoms with Gasteiger partial charge in [0.1, 0.15) is 12.4 Å². The largest absolute Gasteiger partial charge is 0.488 e. The lowest BCUT2D eigenvalue weighted by Gasteiger charge is -2.21. The summed E-state index contributed by atoms with van der Waals surface area (Å²) in [6, 6.07) is 34.3. The van der Waals surface area contributed by atoms with Gasteiger partial charge >= 0.3 is 0 Å². The third-order valence-electron chi connectivity index (χ3n) is 5.45. The van der Waals surface area contributed by atoms with Crippen molar-refractivity contribution in [2.75, 3.05) is 6.54 Å². The molecule has 1 amide bonds. The zero-order valence-corrected chi connectivity index (χ0v) is 20.9. The number of hydrogen-bond acceptors (Lipinski definition) is 5. The number of carbonyl (C=O) groups is 1. The molecular formula is C29H27N3O4S. The first-order valence-electron chi connectivity index (χ1n) is 11.7. The molecule has 0 saturated heterocycles. The molecule has 0 spiro atoms. The van der Waals surface area contributed by atoms with Crippen LogP contribution in [0.3, 0.4) is 0 Å². The molecule has 37 heavy (non-hydrogen) atoms. The summed E-state index contributed by atoms with van der Waals surface area (Å²) in [6.07, 6.45) is 1.48. The van der Waals surface area contributed by atoms with E-state index in [1.165, 1.54) is 18.3 Å². The maximum absolute atomic E-state index is 13.3. The van der Waals surface area contributed by atoms with Gasteiger partial charge in [0.05, 0.1) is 17.7 Å². The summed E-state index contributed by atoms with van der Waals surface area (Å²) in [7, 11) is -3.91. The lowest BCUT2D eigenvalue weighted by molar-refractivity contribution is -0.121. The Bertz CT molecular complexity index is 1430. The number of hydrazone groups is 1. The van der Waals surface area contributed by atoms with Crippen LogP contribution in [0.5, 0.6) is 5.75 Å². The third-order valence-corrected chi connectivity index (χ3v) is 7.26. The second-order valence-corrected chi connectivity index (χ2v) is 10.1. The van der Waals surface area contributed by atoms with E-state index in [1.54, 1.807) is 18.2 Å². The highest BCUT2D eigenvalue weighted by molar-refractivity contribution is 7.89. The van der Waals surface area contributed by atoms with Crippen molar-refractivity contribution in [3.05, 3.63) is 132 Å². The van der Waals surface area contributed by atoms with Gasteiger partial charge in [-0.05, 0) is 35.4 Å². The Kier molecular flexibility index (Phi) is 8.80. The molecular weight excluding hydrogens is 486 g/mol. The summed E-state index contributed by atoms with van der Waals surface area (Å²) in [4.78, 5) is 12.9. The van der Waals surface area contributed by atoms with E-state index in [0.717, 1.165) is 15.4 Å². The summed E-state index contributed by atoms with van der Waals surface area (Å²) < 4.78 is 33.6. The standard InChI is InChI=1S/C29H27N3O4S/c33-29(31-30-20-26-16-10-11-19-28(26)36-23-25-14-6-2-7-15-25)22-32(21-24-12-4-1-5-13-24)37(34,35)27-17-8-3-9-18-27/h1-20H,21-23H2,(H,31,33)/b30-20-. The number of sulfonamides is 1. The van der Waals surface area contributed by atoms with Crippen LogP contribution in [0.15, 0.2) is 125 Å². The molecule has 7 nitrogen and oxygen atoms in total. The molecule has 0 atom stereocenters. The van der Waals surface area contributed by atoms with Gasteiger partial charge in [0.2, 0.25) is 10.0 Å². The molecule has 4 aromatic rings. The molecule has 0 bridgehead atoms. The van der Waals surface area contributed by atoms with Crippen molar-refractivity contribution in [1.82, 2.24) is 9.73 Å². The van der Waals surface area contributed by atoms with Crippen molar-refractivity contribution in [1.29, 1.82) is 0 Å². The summed E-state index contributed by atoms with van der Waals surface area (Å²) in [5.74, 6) is 0.0519. The third kappa shape index (κ3) is 7.36. The normalized spacial score (nSPS) is 11.5. The molecule has 4 aromatic carbocycles. The molecule has 0 aliphatic heterocycles. The second kappa shape index (κ2) is 12.6. The number of para-hydroxylation sites is 1. The van der Waals surface area contributed by atoms with E-state index in [2.05, 4.69) is 10.5 Å². The van der Waals surface area contributed by atoms with Crippen molar-refractivity contribution in [2.24, 2.45) is 5.10 Å². The van der Waals surface area contributed by atoms with Crippen LogP contribution in [0.25, 0.3) is 0 Å². The van der Waals surface area contributed by atoms with Crippen molar-refractivity contribution < 1.29 is 17.9 Å². The molecule has 0 aromatic heterocycles. The molecule has 0 heterocycles. The Hall–Kier alpha value is -4.27. The van der Waals surface area contributed by atoms with Gasteiger partial charge in [0.15, 0.2) is 0 Å². The number of ether oxygens (including phenoxy) is 1. The van der Waals surface area contributed by atoms with Crippen LogP contribution in [0.1, 0.15) is 16.7 Å². The van der Waals surface area contributed by atoms with E-state index < -0.39 is 22.5 Å². The van der Waals surface area contributed by atoms with Gasteiger partial charge in [0, 0.05) is 12.1 Å². The smallest absolute Gasteiger partial charge is 0.255 e. The monoisotopic (exact) mass is 513 g/mol. The number of carbonyl (C=O) groups excluding carboxylic acids is 1. The van der Waals surface area contributed by atoms with Crippen LogP contribution in [0.4, 0.5) is 0 Å². The Morgan fingerprint density at radius 2 is 1.35 bits per heavy atom. The van der Waals surface area contributed by atoms with Gasteiger partial charge < -0.3 is 4.74 Å². The zero-order valence-electron chi connectivity index (χ0n) is 20.1. The van der Waals surface area contributed by atoms with Crippen LogP contribution in [-0.2, 0) is 28.0 Å². The first-order chi connectivity index (χ1) is 18.0. The van der Waals surface area contributed by atoms with Gasteiger partial charge in [-0.25, -0.2) is 13.8 Å². The van der Waals surface area contributed by atoms with Crippen molar-refractivity contribution in [3.8, 4) is 5.75 Å². The first-order valence-corrected chi connectivity index (χ1v) is 13.1. The molecule has 0 saturated carbocycles. The van der Waals surface area contributed by atoms with Crippen LogP contribution < -0.4 is 10.2 Å². The minimum absolute atomic E-state index is 0.0470. The highest BCUT2D eigenvalue weighted by atomic mass is 32.2. The zero-order chi connectivity index (χ0) is 25.9. The molecule has 0 radical (unpaired) electrons. The maximum Gasteiger partial charge on any atom is 0.255 e. The number of benzene rings is 4. The molecule has 0 aliphatic rings. The van der Waals surface area contributed by atoms with Gasteiger partial charge in [0.25, 0.3) is 5.91 Å². The summed E-state index contributed by atoms with van der Waals surface area (Å²) >= 11 is 0. The lowest BCUT2D eigenvalue weighted by atomic mass is 10.2. The average Bonchev–Trinajstić information content (AvgIpc) is 2.94. The van der Waals surface area contributed by atoms with E-state index in [0.29, 0.717) is 17.9 Å². The first kappa shape index (κ1) is 25.8. The minimum Gasteiger partial charge on any atom is -0.488 e. The fraction of sp³-hybridized carbons (Fsp3) is 0.103. The fourth-order valence-corrected chi connectivity index (χ4v) is 4.98. The van der Waals surface area contributed by atoms with Gasteiger partial charge in [-0.2, -0.15) is 9.41 Å². The Morgan fingerprint density at radius 3 is 2.03 bits per heavy atom. The summed E-state index contributed by atoms with van der Waals surface area (Å²) in [5.41, 5.74) is 4.91. The summed E-state index contributed by atoms with van der Waals surface area (Å²) in [6.45, 7) is 0.0464. The van der Waals surface area contributed by atoms with Crippen LogP contribution in [0.2, 0.25) is 0 Å². The average molecular weight is 514 g/mol. The Labute approximate surface area is 217 Å². The van der Waals surface area contributed by atoms with E-state index in [-0.39, 0.29) is 11.4 Å². The number of hydrogen-bond donors (Lipinski definition) is 1. The SMILES string of the molecule is O=C(CN(Cc1ccccc1)S(=O)(=O)c1ccccc1)N/N=C\c1ccccc1OCc1ccccc1. The van der Waals surface area contributed by atoms with E-state index in [1.807, 2.05) is 84.9 Å². The summed E-state index contributed by atoms with van der Waals surface area (Å²) in [5, 5.41) is 4.05. The molecule has 4 rings (SSSR count). The minimum atomic E-state index is -3.91. The number of nitrogens with one attached hydrogen (secondary N) is 1.